The molecule has 0 unspecified atom stereocenters. The summed E-state index contributed by atoms with van der Waals surface area (Å²) in [6.45, 7) is 0.116. The van der Waals surface area contributed by atoms with Gasteiger partial charge in [0.25, 0.3) is 5.91 Å². The van der Waals surface area contributed by atoms with Crippen molar-refractivity contribution in [2.75, 3.05) is 7.11 Å². The molecule has 140 valence electrons. The Kier molecular flexibility index (Phi) is 4.63. The van der Waals surface area contributed by atoms with Crippen LogP contribution < -0.4 is 15.7 Å². The highest BCUT2D eigenvalue weighted by molar-refractivity contribution is 5.96. The lowest BCUT2D eigenvalue weighted by atomic mass is 10.1. The fourth-order valence-electron chi connectivity index (χ4n) is 2.77. The number of fused-ring (bicyclic) bond motifs is 1. The smallest absolute Gasteiger partial charge is 0.349 e. The van der Waals surface area contributed by atoms with Gasteiger partial charge in [0.2, 0.25) is 0 Å². The van der Waals surface area contributed by atoms with Gasteiger partial charge < -0.3 is 19.0 Å². The van der Waals surface area contributed by atoms with Crippen molar-refractivity contribution >= 4 is 16.9 Å². The second-order valence-corrected chi connectivity index (χ2v) is 6.08. The van der Waals surface area contributed by atoms with Crippen LogP contribution in [0.25, 0.3) is 22.3 Å². The Morgan fingerprint density at radius 3 is 2.68 bits per heavy atom. The van der Waals surface area contributed by atoms with Crippen LogP contribution in [0, 0.1) is 0 Å². The molecule has 0 saturated carbocycles. The van der Waals surface area contributed by atoms with Crippen LogP contribution in [0.4, 0.5) is 0 Å². The van der Waals surface area contributed by atoms with Crippen molar-refractivity contribution in [2.24, 2.45) is 0 Å². The first kappa shape index (κ1) is 17.5. The van der Waals surface area contributed by atoms with Gasteiger partial charge in [0, 0.05) is 17.0 Å². The predicted molar refractivity (Wildman–Crippen MR) is 102 cm³/mol. The topological polar surface area (TPSA) is 94.6 Å². The van der Waals surface area contributed by atoms with Crippen molar-refractivity contribution in [3.05, 3.63) is 82.3 Å². The summed E-state index contributed by atoms with van der Waals surface area (Å²) in [7, 11) is 1.60. The zero-order valence-corrected chi connectivity index (χ0v) is 15.0. The molecule has 2 aromatic heterocycles. The Morgan fingerprint density at radius 1 is 1.11 bits per heavy atom. The molecule has 0 bridgehead atoms. The van der Waals surface area contributed by atoms with Crippen molar-refractivity contribution in [3.8, 4) is 17.1 Å². The van der Waals surface area contributed by atoms with Gasteiger partial charge in [-0.3, -0.25) is 4.79 Å². The zero-order valence-electron chi connectivity index (χ0n) is 15.0. The first-order valence-electron chi connectivity index (χ1n) is 8.55. The minimum atomic E-state index is -0.685. The maximum absolute atomic E-state index is 12.4. The molecule has 7 nitrogen and oxygen atoms in total. The summed E-state index contributed by atoms with van der Waals surface area (Å²) in [5.41, 5.74) is 1.06. The number of ether oxygens (including phenoxy) is 1. The molecule has 28 heavy (non-hydrogen) atoms. The number of carbonyl (C=O) groups is 1. The van der Waals surface area contributed by atoms with E-state index in [1.165, 1.54) is 6.07 Å². The monoisotopic (exact) mass is 376 g/mol. The lowest BCUT2D eigenvalue weighted by Gasteiger charge is -2.03. The number of para-hydroxylation sites is 1. The number of aromatic nitrogens is 1. The SMILES string of the molecule is COc1ccc(-c2cc(CNC(=O)c3cc4ccccc4oc3=O)no2)cc1. The highest BCUT2D eigenvalue weighted by Crippen LogP contribution is 2.23. The Hall–Kier alpha value is -3.87. The van der Waals surface area contributed by atoms with Gasteiger partial charge in [-0.1, -0.05) is 23.4 Å². The van der Waals surface area contributed by atoms with Crippen molar-refractivity contribution in [2.45, 2.75) is 6.54 Å². The second-order valence-electron chi connectivity index (χ2n) is 6.08. The van der Waals surface area contributed by atoms with Crippen LogP contribution in [-0.2, 0) is 6.54 Å². The summed E-state index contributed by atoms with van der Waals surface area (Å²) >= 11 is 0. The Balaban J connectivity index is 1.47. The molecule has 7 heteroatoms. The highest BCUT2D eigenvalue weighted by Gasteiger charge is 2.14. The van der Waals surface area contributed by atoms with Gasteiger partial charge >= 0.3 is 5.63 Å². The standard InChI is InChI=1S/C21H16N2O5/c1-26-16-8-6-13(7-9-16)19-11-15(23-28-19)12-22-20(24)17-10-14-4-2-3-5-18(14)27-21(17)25/h2-11H,12H2,1H3,(H,22,24). The quantitative estimate of drug-likeness (QED) is 0.537. The Bertz CT molecular complexity index is 1190. The third-order valence-electron chi connectivity index (χ3n) is 4.25. The van der Waals surface area contributed by atoms with Crippen molar-refractivity contribution in [1.29, 1.82) is 0 Å². The summed E-state index contributed by atoms with van der Waals surface area (Å²) in [5.74, 6) is 0.774. The van der Waals surface area contributed by atoms with E-state index in [0.717, 1.165) is 11.3 Å². The van der Waals surface area contributed by atoms with Crippen LogP contribution in [0.1, 0.15) is 16.1 Å². The van der Waals surface area contributed by atoms with Crippen molar-refractivity contribution in [1.82, 2.24) is 10.5 Å². The summed E-state index contributed by atoms with van der Waals surface area (Å²) in [6.07, 6.45) is 0. The molecule has 4 rings (SSSR count). The molecule has 0 aliphatic carbocycles. The number of nitrogens with zero attached hydrogens (tertiary/aromatic N) is 1. The van der Waals surface area contributed by atoms with Gasteiger partial charge in [0.15, 0.2) is 5.76 Å². The van der Waals surface area contributed by atoms with E-state index < -0.39 is 11.5 Å². The number of rotatable bonds is 5. The molecule has 2 heterocycles. The van der Waals surface area contributed by atoms with Gasteiger partial charge in [-0.25, -0.2) is 4.79 Å². The number of hydrogen-bond acceptors (Lipinski definition) is 6. The van der Waals surface area contributed by atoms with E-state index >= 15 is 0 Å². The maximum atomic E-state index is 12.4. The summed E-state index contributed by atoms with van der Waals surface area (Å²) < 4.78 is 15.6. The molecule has 0 atom stereocenters. The van der Waals surface area contributed by atoms with Crippen molar-refractivity contribution < 1.29 is 18.5 Å². The molecule has 0 aliphatic heterocycles. The van der Waals surface area contributed by atoms with Crippen LogP contribution in [0.2, 0.25) is 0 Å². The number of methoxy groups -OCH3 is 1. The molecule has 0 radical (unpaired) electrons. The highest BCUT2D eigenvalue weighted by atomic mass is 16.5. The van der Waals surface area contributed by atoms with Gasteiger partial charge in [-0.15, -0.1) is 0 Å². The first-order valence-corrected chi connectivity index (χ1v) is 8.55. The molecular weight excluding hydrogens is 360 g/mol. The van der Waals surface area contributed by atoms with E-state index in [2.05, 4.69) is 10.5 Å². The lowest BCUT2D eigenvalue weighted by molar-refractivity contribution is 0.0946. The third kappa shape index (κ3) is 3.50. The van der Waals surface area contributed by atoms with Gasteiger partial charge in [0.05, 0.1) is 13.7 Å². The summed E-state index contributed by atoms with van der Waals surface area (Å²) in [6, 6.07) is 17.6. The van der Waals surface area contributed by atoms with Crippen LogP contribution in [0.5, 0.6) is 5.75 Å². The number of hydrogen-bond donors (Lipinski definition) is 1. The molecule has 0 fully saturated rings. The summed E-state index contributed by atoms with van der Waals surface area (Å²) in [4.78, 5) is 24.4. The molecule has 0 saturated heterocycles. The van der Waals surface area contributed by atoms with Crippen LogP contribution in [0.3, 0.4) is 0 Å². The Morgan fingerprint density at radius 2 is 1.89 bits per heavy atom. The molecule has 0 spiro atoms. The molecule has 4 aromatic rings. The van der Waals surface area contributed by atoms with Crippen LogP contribution in [0.15, 0.2) is 74.4 Å². The largest absolute Gasteiger partial charge is 0.497 e. The minimum absolute atomic E-state index is 0.0578. The molecule has 0 aliphatic rings. The zero-order chi connectivity index (χ0) is 19.5. The lowest BCUT2D eigenvalue weighted by Crippen LogP contribution is -2.27. The second kappa shape index (κ2) is 7.40. The Labute approximate surface area is 159 Å². The van der Waals surface area contributed by atoms with E-state index in [4.69, 9.17) is 13.7 Å². The van der Waals surface area contributed by atoms with Crippen LogP contribution >= 0.6 is 0 Å². The van der Waals surface area contributed by atoms with Crippen molar-refractivity contribution in [3.63, 3.8) is 0 Å². The fraction of sp³-hybridized carbons (Fsp3) is 0.0952. The van der Waals surface area contributed by atoms with E-state index in [9.17, 15) is 9.59 Å². The average molecular weight is 376 g/mol. The maximum Gasteiger partial charge on any atom is 0.349 e. The normalized spacial score (nSPS) is 10.8. The first-order chi connectivity index (χ1) is 13.6. The van der Waals surface area contributed by atoms with Gasteiger partial charge in [-0.2, -0.15) is 0 Å². The predicted octanol–water partition coefficient (Wildman–Crippen LogP) is 3.39. The van der Waals surface area contributed by atoms with E-state index in [-0.39, 0.29) is 12.1 Å². The molecule has 2 aromatic carbocycles. The number of nitrogens with one attached hydrogen (secondary N) is 1. The van der Waals surface area contributed by atoms with E-state index in [1.807, 2.05) is 24.3 Å². The van der Waals surface area contributed by atoms with E-state index in [1.54, 1.807) is 37.4 Å². The number of carbonyl (C=O) groups excluding carboxylic acids is 1. The van der Waals surface area contributed by atoms with Crippen LogP contribution in [-0.4, -0.2) is 18.2 Å². The summed E-state index contributed by atoms with van der Waals surface area (Å²) in [5, 5.41) is 7.29. The molecule has 1 N–H and O–H groups in total. The number of amides is 1. The third-order valence-corrected chi connectivity index (χ3v) is 4.25. The average Bonchev–Trinajstić information content (AvgIpc) is 3.20. The van der Waals surface area contributed by atoms with E-state index in [0.29, 0.717) is 22.4 Å². The fourth-order valence-corrected chi connectivity index (χ4v) is 2.77. The number of benzene rings is 2. The molecular formula is C21H16N2O5. The van der Waals surface area contributed by atoms with Gasteiger partial charge in [-0.05, 0) is 36.4 Å². The molecule has 1 amide bonds. The van der Waals surface area contributed by atoms with Gasteiger partial charge in [0.1, 0.15) is 22.6 Å². The minimum Gasteiger partial charge on any atom is -0.497 e.